The standard InChI is InChI=1S/C25H34N6O4/c1-6-31-21-19(16-34-24(31)33)15-26-22(28-21)27-17(2)18-7-9-20(10-8-18)29-11-13-30(14-12-29)23(32)35-25(3,4)5/h7-10,15,17H,6,11-14,16H2,1-5H3,(H,26,27,28). The summed E-state index contributed by atoms with van der Waals surface area (Å²) in [4.78, 5) is 38.8. The van der Waals surface area contributed by atoms with E-state index in [-0.39, 0.29) is 24.8 Å². The van der Waals surface area contributed by atoms with Gasteiger partial charge in [0, 0.05) is 44.6 Å². The molecule has 0 bridgehead atoms. The fraction of sp³-hybridized carbons (Fsp3) is 0.520. The summed E-state index contributed by atoms with van der Waals surface area (Å²) in [5.74, 6) is 1.06. The van der Waals surface area contributed by atoms with Crippen LogP contribution in [0.3, 0.4) is 0 Å². The lowest BCUT2D eigenvalue weighted by Crippen LogP contribution is -2.50. The number of anilines is 3. The number of piperazine rings is 1. The topological polar surface area (TPSA) is 100 Å². The summed E-state index contributed by atoms with van der Waals surface area (Å²) in [7, 11) is 0. The molecule has 1 fully saturated rings. The molecule has 10 nitrogen and oxygen atoms in total. The van der Waals surface area contributed by atoms with E-state index < -0.39 is 5.60 Å². The summed E-state index contributed by atoms with van der Waals surface area (Å²) in [6, 6.07) is 8.33. The van der Waals surface area contributed by atoms with Gasteiger partial charge < -0.3 is 24.6 Å². The largest absolute Gasteiger partial charge is 0.444 e. The lowest BCUT2D eigenvalue weighted by atomic mass is 10.1. The fourth-order valence-electron chi connectivity index (χ4n) is 4.11. The molecule has 2 aliphatic heterocycles. The Hall–Kier alpha value is -3.56. The molecule has 10 heteroatoms. The van der Waals surface area contributed by atoms with Crippen molar-refractivity contribution >= 4 is 29.6 Å². The van der Waals surface area contributed by atoms with Gasteiger partial charge in [0.1, 0.15) is 18.0 Å². The normalized spacial score (nSPS) is 16.9. The number of ether oxygens (including phenoxy) is 2. The second-order valence-corrected chi connectivity index (χ2v) is 9.75. The first-order valence-electron chi connectivity index (χ1n) is 12.0. The fourth-order valence-corrected chi connectivity index (χ4v) is 4.11. The smallest absolute Gasteiger partial charge is 0.415 e. The van der Waals surface area contributed by atoms with Gasteiger partial charge in [-0.15, -0.1) is 0 Å². The molecule has 0 spiro atoms. The molecule has 0 radical (unpaired) electrons. The predicted molar refractivity (Wildman–Crippen MR) is 134 cm³/mol. The van der Waals surface area contributed by atoms with Crippen LogP contribution < -0.4 is 15.1 Å². The van der Waals surface area contributed by atoms with Gasteiger partial charge in [-0.3, -0.25) is 4.90 Å². The monoisotopic (exact) mass is 482 g/mol. The Balaban J connectivity index is 1.35. The van der Waals surface area contributed by atoms with Crippen LogP contribution in [-0.2, 0) is 16.1 Å². The van der Waals surface area contributed by atoms with E-state index in [9.17, 15) is 9.59 Å². The van der Waals surface area contributed by atoms with Crippen LogP contribution in [0.1, 0.15) is 51.8 Å². The van der Waals surface area contributed by atoms with Crippen LogP contribution in [0, 0.1) is 0 Å². The third kappa shape index (κ3) is 5.75. The van der Waals surface area contributed by atoms with E-state index >= 15 is 0 Å². The van der Waals surface area contributed by atoms with Crippen LogP contribution in [0.4, 0.5) is 27.0 Å². The third-order valence-corrected chi connectivity index (χ3v) is 6.02. The van der Waals surface area contributed by atoms with Crippen LogP contribution >= 0.6 is 0 Å². The Kier molecular flexibility index (Phi) is 7.00. The van der Waals surface area contributed by atoms with Crippen LogP contribution in [0.15, 0.2) is 30.5 Å². The van der Waals surface area contributed by atoms with E-state index in [1.54, 1.807) is 11.1 Å². The quantitative estimate of drug-likeness (QED) is 0.677. The molecule has 35 heavy (non-hydrogen) atoms. The van der Waals surface area contributed by atoms with Crippen molar-refractivity contribution < 1.29 is 19.1 Å². The first-order chi connectivity index (χ1) is 16.6. The Bertz CT molecular complexity index is 1060. The molecule has 1 unspecified atom stereocenters. The Morgan fingerprint density at radius 1 is 1.17 bits per heavy atom. The number of fused-ring (bicyclic) bond motifs is 1. The van der Waals surface area contributed by atoms with E-state index in [2.05, 4.69) is 44.5 Å². The van der Waals surface area contributed by atoms with Crippen molar-refractivity contribution in [3.63, 3.8) is 0 Å². The zero-order valence-electron chi connectivity index (χ0n) is 21.1. The summed E-state index contributed by atoms with van der Waals surface area (Å²) in [5.41, 5.74) is 2.52. The molecule has 4 rings (SSSR count). The van der Waals surface area contributed by atoms with Crippen molar-refractivity contribution in [2.75, 3.05) is 47.8 Å². The van der Waals surface area contributed by atoms with Gasteiger partial charge in [0.15, 0.2) is 0 Å². The number of nitrogens with zero attached hydrogens (tertiary/aromatic N) is 5. The number of rotatable bonds is 5. The summed E-state index contributed by atoms with van der Waals surface area (Å²) in [6.07, 6.45) is 1.06. The Labute approximate surface area is 206 Å². The molecule has 1 N–H and O–H groups in total. The molecule has 1 saturated heterocycles. The van der Waals surface area contributed by atoms with Gasteiger partial charge >= 0.3 is 12.2 Å². The van der Waals surface area contributed by atoms with Gasteiger partial charge in [-0.1, -0.05) is 12.1 Å². The third-order valence-electron chi connectivity index (χ3n) is 6.02. The number of hydrogen-bond donors (Lipinski definition) is 1. The maximum Gasteiger partial charge on any atom is 0.415 e. The SMILES string of the molecule is CCN1C(=O)OCc2cnc(NC(C)c3ccc(N4CCN(C(=O)OC(C)(C)C)CC4)cc3)nc21. The highest BCUT2D eigenvalue weighted by Crippen LogP contribution is 2.27. The van der Waals surface area contributed by atoms with E-state index in [4.69, 9.17) is 9.47 Å². The highest BCUT2D eigenvalue weighted by atomic mass is 16.6. The molecule has 2 aromatic rings. The van der Waals surface area contributed by atoms with Crippen LogP contribution in [-0.4, -0.2) is 65.4 Å². The lowest BCUT2D eigenvalue weighted by molar-refractivity contribution is 0.0240. The van der Waals surface area contributed by atoms with Crippen LogP contribution in [0.5, 0.6) is 0 Å². The van der Waals surface area contributed by atoms with Crippen LogP contribution in [0.25, 0.3) is 0 Å². The first-order valence-corrected chi connectivity index (χ1v) is 12.0. The van der Waals surface area contributed by atoms with Gasteiger partial charge in [0.2, 0.25) is 5.95 Å². The molecule has 0 saturated carbocycles. The molecule has 1 atom stereocenters. The highest BCUT2D eigenvalue weighted by molar-refractivity contribution is 5.89. The number of cyclic esters (lactones) is 1. The van der Waals surface area contributed by atoms with Crippen molar-refractivity contribution in [3.05, 3.63) is 41.6 Å². The van der Waals surface area contributed by atoms with Gasteiger partial charge in [0.05, 0.1) is 11.6 Å². The second-order valence-electron chi connectivity index (χ2n) is 9.75. The number of hydrogen-bond acceptors (Lipinski definition) is 8. The maximum atomic E-state index is 12.3. The first kappa shape index (κ1) is 24.6. The van der Waals surface area contributed by atoms with Gasteiger partial charge in [-0.25, -0.2) is 14.6 Å². The lowest BCUT2D eigenvalue weighted by Gasteiger charge is -2.36. The van der Waals surface area contributed by atoms with Crippen molar-refractivity contribution in [3.8, 4) is 0 Å². The summed E-state index contributed by atoms with van der Waals surface area (Å²) in [5, 5.41) is 3.33. The number of carbonyl (C=O) groups is 2. The molecule has 188 valence electrons. The molecular formula is C25H34N6O4. The average molecular weight is 483 g/mol. The minimum Gasteiger partial charge on any atom is -0.444 e. The number of benzene rings is 1. The van der Waals surface area contributed by atoms with E-state index in [0.717, 1.165) is 29.9 Å². The molecule has 2 aliphatic rings. The molecular weight excluding hydrogens is 448 g/mol. The molecule has 1 aromatic heterocycles. The highest BCUT2D eigenvalue weighted by Gasteiger charge is 2.28. The van der Waals surface area contributed by atoms with Gasteiger partial charge in [0.25, 0.3) is 0 Å². The maximum absolute atomic E-state index is 12.3. The van der Waals surface area contributed by atoms with Crippen molar-refractivity contribution in [1.82, 2.24) is 14.9 Å². The summed E-state index contributed by atoms with van der Waals surface area (Å²) in [6.45, 7) is 13.0. The van der Waals surface area contributed by atoms with Crippen molar-refractivity contribution in [1.29, 1.82) is 0 Å². The van der Waals surface area contributed by atoms with Crippen LogP contribution in [0.2, 0.25) is 0 Å². The summed E-state index contributed by atoms with van der Waals surface area (Å²) < 4.78 is 10.6. The van der Waals surface area contributed by atoms with Crippen molar-refractivity contribution in [2.24, 2.45) is 0 Å². The van der Waals surface area contributed by atoms with E-state index in [0.29, 0.717) is 31.4 Å². The minimum absolute atomic E-state index is 0.0308. The average Bonchev–Trinajstić information content (AvgIpc) is 2.83. The zero-order chi connectivity index (χ0) is 25.2. The number of amides is 2. The minimum atomic E-state index is -0.486. The number of carbonyl (C=O) groups excluding carboxylic acids is 2. The van der Waals surface area contributed by atoms with E-state index in [1.165, 1.54) is 4.90 Å². The van der Waals surface area contributed by atoms with Gasteiger partial charge in [-0.05, 0) is 52.3 Å². The molecule has 2 amide bonds. The molecule has 0 aliphatic carbocycles. The zero-order valence-corrected chi connectivity index (χ0v) is 21.1. The Morgan fingerprint density at radius 2 is 1.86 bits per heavy atom. The number of nitrogens with one attached hydrogen (secondary N) is 1. The van der Waals surface area contributed by atoms with Gasteiger partial charge in [-0.2, -0.15) is 4.98 Å². The second kappa shape index (κ2) is 9.97. The number of aromatic nitrogens is 2. The molecule has 1 aromatic carbocycles. The predicted octanol–water partition coefficient (Wildman–Crippen LogP) is 4.18. The molecule has 3 heterocycles. The van der Waals surface area contributed by atoms with E-state index in [1.807, 2.05) is 34.6 Å². The Morgan fingerprint density at radius 3 is 2.49 bits per heavy atom. The van der Waals surface area contributed by atoms with Crippen molar-refractivity contribution in [2.45, 2.75) is 52.9 Å². The summed E-state index contributed by atoms with van der Waals surface area (Å²) >= 11 is 0.